The molecule has 0 spiro atoms. The number of amides is 2. The molecule has 0 aromatic heterocycles. The minimum Gasteiger partial charge on any atom is -0.497 e. The molecule has 0 bridgehead atoms. The minimum absolute atomic E-state index is 0.00774. The molecular weight excluding hydrogens is 550 g/mol. The van der Waals surface area contributed by atoms with Crippen LogP contribution in [-0.4, -0.2) is 51.4 Å². The quantitative estimate of drug-likeness (QED) is 0.279. The molecule has 0 aliphatic carbocycles. The number of aryl methyl sites for hydroxylation is 1. The fourth-order valence-electron chi connectivity index (χ4n) is 4.14. The SMILES string of the molecule is CCCCNC(=O)C(C)N(Cc1cccc(C)c1)C(=O)CN(c1ccc(Cl)cc1)S(=O)(=O)c1ccc(OC)cc1. The monoisotopic (exact) mass is 585 g/mol. The Morgan fingerprint density at radius 2 is 1.70 bits per heavy atom. The summed E-state index contributed by atoms with van der Waals surface area (Å²) in [7, 11) is -2.69. The predicted molar refractivity (Wildman–Crippen MR) is 158 cm³/mol. The zero-order valence-corrected chi connectivity index (χ0v) is 24.8. The maximum absolute atomic E-state index is 13.9. The van der Waals surface area contributed by atoms with Crippen LogP contribution in [0, 0.1) is 6.92 Å². The zero-order chi connectivity index (χ0) is 29.3. The fraction of sp³-hybridized carbons (Fsp3) is 0.333. The van der Waals surface area contributed by atoms with Crippen LogP contribution in [0.1, 0.15) is 37.8 Å². The van der Waals surface area contributed by atoms with Crippen LogP contribution in [0.5, 0.6) is 5.75 Å². The van der Waals surface area contributed by atoms with Gasteiger partial charge >= 0.3 is 0 Å². The lowest BCUT2D eigenvalue weighted by Gasteiger charge is -2.32. The standard InChI is InChI=1S/C30H36ClN3O5S/c1-5-6-18-32-30(36)23(3)33(20-24-9-7-8-22(2)19-24)29(35)21-34(26-12-10-25(31)11-13-26)40(37,38)28-16-14-27(39-4)15-17-28/h7-17,19,23H,5-6,18,20-21H2,1-4H3,(H,32,36). The van der Waals surface area contributed by atoms with Crippen molar-refractivity contribution in [1.29, 1.82) is 0 Å². The van der Waals surface area contributed by atoms with E-state index in [1.165, 1.54) is 24.1 Å². The van der Waals surface area contributed by atoms with Crippen molar-refractivity contribution in [2.45, 2.75) is 51.1 Å². The summed E-state index contributed by atoms with van der Waals surface area (Å²) < 4.78 is 33.9. The Labute approximate surface area is 241 Å². The maximum atomic E-state index is 13.9. The summed E-state index contributed by atoms with van der Waals surface area (Å²) in [6.07, 6.45) is 1.73. The van der Waals surface area contributed by atoms with Crippen molar-refractivity contribution in [2.24, 2.45) is 0 Å². The number of carbonyl (C=O) groups excluding carboxylic acids is 2. The molecule has 0 radical (unpaired) electrons. The summed E-state index contributed by atoms with van der Waals surface area (Å²) in [5.41, 5.74) is 2.11. The van der Waals surface area contributed by atoms with E-state index >= 15 is 0 Å². The van der Waals surface area contributed by atoms with E-state index in [1.54, 1.807) is 43.3 Å². The Balaban J connectivity index is 2.00. The number of anilines is 1. The number of nitrogens with zero attached hydrogens (tertiary/aromatic N) is 2. The van der Waals surface area contributed by atoms with Crippen molar-refractivity contribution < 1.29 is 22.7 Å². The van der Waals surface area contributed by atoms with Crippen molar-refractivity contribution in [3.05, 3.63) is 88.9 Å². The number of benzene rings is 3. The van der Waals surface area contributed by atoms with E-state index in [4.69, 9.17) is 16.3 Å². The van der Waals surface area contributed by atoms with Gasteiger partial charge in [0, 0.05) is 18.1 Å². The van der Waals surface area contributed by atoms with Crippen molar-refractivity contribution in [2.75, 3.05) is 24.5 Å². The average molecular weight is 586 g/mol. The predicted octanol–water partition coefficient (Wildman–Crippen LogP) is 5.19. The van der Waals surface area contributed by atoms with E-state index in [0.29, 0.717) is 17.3 Å². The topological polar surface area (TPSA) is 96.0 Å². The van der Waals surface area contributed by atoms with Gasteiger partial charge in [-0.15, -0.1) is 0 Å². The number of halogens is 1. The van der Waals surface area contributed by atoms with Crippen LogP contribution < -0.4 is 14.4 Å². The number of ether oxygens (including phenoxy) is 1. The van der Waals surface area contributed by atoms with Crippen LogP contribution in [0.15, 0.2) is 77.7 Å². The number of methoxy groups -OCH3 is 1. The van der Waals surface area contributed by atoms with Gasteiger partial charge in [-0.05, 0) is 74.4 Å². The maximum Gasteiger partial charge on any atom is 0.264 e. The highest BCUT2D eigenvalue weighted by Crippen LogP contribution is 2.27. The Morgan fingerprint density at radius 1 is 1.02 bits per heavy atom. The molecule has 3 aromatic rings. The smallest absolute Gasteiger partial charge is 0.264 e. The molecule has 214 valence electrons. The van der Waals surface area contributed by atoms with Gasteiger partial charge in [-0.3, -0.25) is 13.9 Å². The number of unbranched alkanes of at least 4 members (excludes halogenated alkanes) is 1. The van der Waals surface area contributed by atoms with Crippen molar-refractivity contribution in [3.8, 4) is 5.75 Å². The molecule has 0 saturated carbocycles. The molecule has 0 aliphatic heterocycles. The first-order chi connectivity index (χ1) is 19.1. The minimum atomic E-state index is -4.18. The van der Waals surface area contributed by atoms with E-state index in [2.05, 4.69) is 5.32 Å². The van der Waals surface area contributed by atoms with Crippen LogP contribution in [0.4, 0.5) is 5.69 Å². The van der Waals surface area contributed by atoms with Gasteiger partial charge in [-0.25, -0.2) is 8.42 Å². The van der Waals surface area contributed by atoms with Gasteiger partial charge in [-0.2, -0.15) is 0 Å². The highest BCUT2D eigenvalue weighted by atomic mass is 35.5. The van der Waals surface area contributed by atoms with Crippen molar-refractivity contribution in [3.63, 3.8) is 0 Å². The first-order valence-electron chi connectivity index (χ1n) is 13.1. The van der Waals surface area contributed by atoms with E-state index in [-0.39, 0.29) is 23.0 Å². The van der Waals surface area contributed by atoms with Crippen LogP contribution in [-0.2, 0) is 26.2 Å². The van der Waals surface area contributed by atoms with Crippen molar-refractivity contribution in [1.82, 2.24) is 10.2 Å². The molecule has 3 aromatic carbocycles. The molecular formula is C30H36ClN3O5S. The third kappa shape index (κ3) is 7.99. The molecule has 3 rings (SSSR count). The van der Waals surface area contributed by atoms with Gasteiger partial charge < -0.3 is 15.0 Å². The number of sulfonamides is 1. The second kappa shape index (κ2) is 14.2. The lowest BCUT2D eigenvalue weighted by Crippen LogP contribution is -2.51. The number of hydrogen-bond acceptors (Lipinski definition) is 5. The lowest BCUT2D eigenvalue weighted by atomic mass is 10.1. The number of hydrogen-bond donors (Lipinski definition) is 1. The summed E-state index contributed by atoms with van der Waals surface area (Å²) in [6.45, 7) is 5.74. The van der Waals surface area contributed by atoms with Gasteiger partial charge in [-0.1, -0.05) is 54.8 Å². The summed E-state index contributed by atoms with van der Waals surface area (Å²) in [5, 5.41) is 3.31. The molecule has 1 N–H and O–H groups in total. The van der Waals surface area contributed by atoms with Gasteiger partial charge in [0.1, 0.15) is 18.3 Å². The first-order valence-corrected chi connectivity index (χ1v) is 14.9. The molecule has 0 aliphatic rings. The molecule has 2 amide bonds. The Bertz CT molecular complexity index is 1400. The van der Waals surface area contributed by atoms with E-state index in [1.807, 2.05) is 38.1 Å². The first kappa shape index (κ1) is 31.0. The largest absolute Gasteiger partial charge is 0.497 e. The second-order valence-corrected chi connectivity index (χ2v) is 11.8. The van der Waals surface area contributed by atoms with Crippen LogP contribution >= 0.6 is 11.6 Å². The molecule has 0 saturated heterocycles. The highest BCUT2D eigenvalue weighted by Gasteiger charge is 2.32. The summed E-state index contributed by atoms with van der Waals surface area (Å²) in [5.74, 6) is -0.322. The molecule has 1 unspecified atom stereocenters. The molecule has 40 heavy (non-hydrogen) atoms. The molecule has 0 fully saturated rings. The lowest BCUT2D eigenvalue weighted by molar-refractivity contribution is -0.139. The normalized spacial score (nSPS) is 11.9. The van der Waals surface area contributed by atoms with Crippen LogP contribution in [0.2, 0.25) is 5.02 Å². The Morgan fingerprint density at radius 3 is 2.30 bits per heavy atom. The van der Waals surface area contributed by atoms with Gasteiger partial charge in [0.05, 0.1) is 17.7 Å². The van der Waals surface area contributed by atoms with E-state index in [9.17, 15) is 18.0 Å². The zero-order valence-electron chi connectivity index (χ0n) is 23.3. The summed E-state index contributed by atoms with van der Waals surface area (Å²) in [4.78, 5) is 28.4. The van der Waals surface area contributed by atoms with Crippen LogP contribution in [0.3, 0.4) is 0 Å². The summed E-state index contributed by atoms with van der Waals surface area (Å²) >= 11 is 6.07. The third-order valence-electron chi connectivity index (χ3n) is 6.47. The van der Waals surface area contributed by atoms with Gasteiger partial charge in [0.15, 0.2) is 0 Å². The molecule has 10 heteroatoms. The summed E-state index contributed by atoms with van der Waals surface area (Å²) in [6, 6.07) is 19.0. The second-order valence-electron chi connectivity index (χ2n) is 9.49. The van der Waals surface area contributed by atoms with Gasteiger partial charge in [0.2, 0.25) is 11.8 Å². The third-order valence-corrected chi connectivity index (χ3v) is 8.51. The molecule has 0 heterocycles. The van der Waals surface area contributed by atoms with E-state index in [0.717, 1.165) is 28.3 Å². The fourth-order valence-corrected chi connectivity index (χ4v) is 5.68. The van der Waals surface area contributed by atoms with Crippen molar-refractivity contribution >= 4 is 39.1 Å². The molecule has 1 atom stereocenters. The van der Waals surface area contributed by atoms with E-state index < -0.39 is 28.5 Å². The number of rotatable bonds is 13. The van der Waals surface area contributed by atoms with Gasteiger partial charge in [0.25, 0.3) is 10.0 Å². The Hall–Kier alpha value is -3.56. The average Bonchev–Trinajstić information content (AvgIpc) is 2.94. The number of nitrogens with one attached hydrogen (secondary N) is 1. The highest BCUT2D eigenvalue weighted by molar-refractivity contribution is 7.92. The Kier molecular flexibility index (Phi) is 11.0. The molecule has 8 nitrogen and oxygen atoms in total. The number of carbonyl (C=O) groups is 2. The van der Waals surface area contributed by atoms with Crippen LogP contribution in [0.25, 0.3) is 0 Å².